The van der Waals surface area contributed by atoms with Gasteiger partial charge < -0.3 is 10.2 Å². The van der Waals surface area contributed by atoms with Crippen molar-refractivity contribution < 1.29 is 0 Å². The zero-order valence-electron chi connectivity index (χ0n) is 12.3. The summed E-state index contributed by atoms with van der Waals surface area (Å²) in [6.07, 6.45) is 0. The zero-order valence-corrected chi connectivity index (χ0v) is 13.2. The average Bonchev–Trinajstić information content (AvgIpc) is 2.55. The highest BCUT2D eigenvalue weighted by atomic mass is 32.1. The summed E-state index contributed by atoms with van der Waals surface area (Å²) < 4.78 is 0. The second-order valence-electron chi connectivity index (χ2n) is 4.51. The molecular formula is C16H20N4S. The number of hydrogen-bond acceptors (Lipinski definition) is 5. The maximum absolute atomic E-state index is 4.32. The number of hydrogen-bond donors (Lipinski definition) is 2. The van der Waals surface area contributed by atoms with Crippen LogP contribution < -0.4 is 10.2 Å². The molecule has 0 heterocycles. The molecule has 0 aliphatic rings. The molecule has 0 saturated heterocycles. The minimum Gasteiger partial charge on any atom is -0.388 e. The third-order valence-corrected chi connectivity index (χ3v) is 3.55. The van der Waals surface area contributed by atoms with Crippen LogP contribution in [0.25, 0.3) is 0 Å². The molecule has 1 N–H and O–H groups in total. The second-order valence-corrected chi connectivity index (χ2v) is 4.79. The molecule has 0 saturated carbocycles. The highest BCUT2D eigenvalue weighted by Gasteiger charge is 2.01. The Hall–Kier alpha value is -2.01. The minimum absolute atomic E-state index is 0.704. The molecular weight excluding hydrogens is 280 g/mol. The molecule has 110 valence electrons. The van der Waals surface area contributed by atoms with Crippen molar-refractivity contribution in [3.05, 3.63) is 48.5 Å². The van der Waals surface area contributed by atoms with Gasteiger partial charge in [0.15, 0.2) is 0 Å². The van der Waals surface area contributed by atoms with E-state index in [0.29, 0.717) is 5.88 Å². The molecule has 2 aromatic carbocycles. The van der Waals surface area contributed by atoms with Gasteiger partial charge in [-0.3, -0.25) is 0 Å². The van der Waals surface area contributed by atoms with Gasteiger partial charge in [-0.15, -0.1) is 0 Å². The van der Waals surface area contributed by atoms with Crippen LogP contribution in [0.4, 0.5) is 22.7 Å². The van der Waals surface area contributed by atoms with Gasteiger partial charge in [0.2, 0.25) is 0 Å². The summed E-state index contributed by atoms with van der Waals surface area (Å²) in [6.45, 7) is 3.04. The van der Waals surface area contributed by atoms with E-state index >= 15 is 0 Å². The first-order valence-electron chi connectivity index (χ1n) is 6.92. The lowest BCUT2D eigenvalue weighted by atomic mass is 10.2. The van der Waals surface area contributed by atoms with E-state index in [4.69, 9.17) is 0 Å². The van der Waals surface area contributed by atoms with Gasteiger partial charge in [0.1, 0.15) is 0 Å². The fourth-order valence-corrected chi connectivity index (χ4v) is 2.27. The first-order valence-corrected chi connectivity index (χ1v) is 7.55. The molecule has 0 radical (unpaired) electrons. The van der Waals surface area contributed by atoms with Crippen LogP contribution in [0.5, 0.6) is 0 Å². The number of nitrogens with one attached hydrogen (secondary N) is 1. The molecule has 0 aliphatic heterocycles. The van der Waals surface area contributed by atoms with Gasteiger partial charge in [-0.1, -0.05) is 0 Å². The summed E-state index contributed by atoms with van der Waals surface area (Å²) in [6, 6.07) is 15.8. The molecule has 0 unspecified atom stereocenters. The van der Waals surface area contributed by atoms with Gasteiger partial charge >= 0.3 is 0 Å². The van der Waals surface area contributed by atoms with Gasteiger partial charge in [0.25, 0.3) is 0 Å². The molecule has 5 heteroatoms. The minimum atomic E-state index is 0.704. The topological polar surface area (TPSA) is 40.0 Å². The molecule has 4 nitrogen and oxygen atoms in total. The molecule has 0 amide bonds. The number of benzene rings is 2. The van der Waals surface area contributed by atoms with Gasteiger partial charge in [-0.2, -0.15) is 22.9 Å². The molecule has 0 bridgehead atoms. The number of anilines is 2. The number of rotatable bonds is 6. The predicted octanol–water partition coefficient (Wildman–Crippen LogP) is 4.86. The van der Waals surface area contributed by atoms with Crippen LogP contribution in [0.15, 0.2) is 58.8 Å². The molecule has 0 atom stereocenters. The van der Waals surface area contributed by atoms with Crippen molar-refractivity contribution in [2.75, 3.05) is 29.7 Å². The van der Waals surface area contributed by atoms with Crippen molar-refractivity contribution in [3.8, 4) is 0 Å². The summed E-state index contributed by atoms with van der Waals surface area (Å²) >= 11 is 4.32. The molecule has 2 aromatic rings. The van der Waals surface area contributed by atoms with Crippen molar-refractivity contribution >= 4 is 35.4 Å². The van der Waals surface area contributed by atoms with Crippen LogP contribution in [0, 0.1) is 0 Å². The van der Waals surface area contributed by atoms with Crippen LogP contribution in [0.3, 0.4) is 0 Å². The monoisotopic (exact) mass is 300 g/mol. The van der Waals surface area contributed by atoms with Crippen LogP contribution in [-0.4, -0.2) is 19.5 Å². The SMILES string of the molecule is CCN(CS)c1ccc(N=Nc2ccc(NC)cc2)cc1. The normalized spacial score (nSPS) is 10.8. The first-order chi connectivity index (χ1) is 10.3. The summed E-state index contributed by atoms with van der Waals surface area (Å²) in [4.78, 5) is 2.17. The van der Waals surface area contributed by atoms with E-state index in [1.807, 2.05) is 55.6 Å². The second kappa shape index (κ2) is 7.69. The van der Waals surface area contributed by atoms with E-state index in [2.05, 4.69) is 40.0 Å². The van der Waals surface area contributed by atoms with Crippen molar-refractivity contribution in [2.45, 2.75) is 6.92 Å². The number of thiol groups is 1. The zero-order chi connectivity index (χ0) is 15.1. The summed E-state index contributed by atoms with van der Waals surface area (Å²) in [5, 5.41) is 11.6. The fraction of sp³-hybridized carbons (Fsp3) is 0.250. The smallest absolute Gasteiger partial charge is 0.0858 e. The largest absolute Gasteiger partial charge is 0.388 e. The van der Waals surface area contributed by atoms with Gasteiger partial charge in [-0.05, 0) is 55.5 Å². The molecule has 0 fully saturated rings. The lowest BCUT2D eigenvalue weighted by molar-refractivity contribution is 0.949. The average molecular weight is 300 g/mol. The molecule has 2 rings (SSSR count). The van der Waals surface area contributed by atoms with Gasteiger partial charge in [0.05, 0.1) is 17.3 Å². The van der Waals surface area contributed by atoms with E-state index in [9.17, 15) is 0 Å². The van der Waals surface area contributed by atoms with Crippen LogP contribution in [0.1, 0.15) is 6.92 Å². The predicted molar refractivity (Wildman–Crippen MR) is 93.5 cm³/mol. The number of nitrogens with zero attached hydrogens (tertiary/aromatic N) is 3. The fourth-order valence-electron chi connectivity index (χ4n) is 1.90. The van der Waals surface area contributed by atoms with Gasteiger partial charge in [0, 0.05) is 25.0 Å². The highest BCUT2D eigenvalue weighted by Crippen LogP contribution is 2.23. The van der Waals surface area contributed by atoms with Crippen LogP contribution in [0.2, 0.25) is 0 Å². The lowest BCUT2D eigenvalue weighted by Crippen LogP contribution is -2.20. The van der Waals surface area contributed by atoms with E-state index in [1.54, 1.807) is 0 Å². The Morgan fingerprint density at radius 1 is 0.952 bits per heavy atom. The standard InChI is InChI=1S/C16H20N4S/c1-3-20(12-21)16-10-8-15(9-11-16)19-18-14-6-4-13(17-2)5-7-14/h4-11,17,21H,3,12H2,1-2H3. The van der Waals surface area contributed by atoms with E-state index < -0.39 is 0 Å². The van der Waals surface area contributed by atoms with E-state index in [1.165, 1.54) is 0 Å². The van der Waals surface area contributed by atoms with Crippen molar-refractivity contribution in [1.82, 2.24) is 0 Å². The Morgan fingerprint density at radius 3 is 1.90 bits per heavy atom. The molecule has 0 aromatic heterocycles. The van der Waals surface area contributed by atoms with Crippen molar-refractivity contribution in [2.24, 2.45) is 10.2 Å². The molecule has 0 spiro atoms. The first kappa shape index (κ1) is 15.4. The quantitative estimate of drug-likeness (QED) is 0.454. The maximum atomic E-state index is 4.32. The Bertz CT molecular complexity index is 574. The molecule has 0 aliphatic carbocycles. The van der Waals surface area contributed by atoms with Crippen LogP contribution in [-0.2, 0) is 0 Å². The van der Waals surface area contributed by atoms with E-state index in [0.717, 1.165) is 29.3 Å². The molecule has 21 heavy (non-hydrogen) atoms. The summed E-state index contributed by atoms with van der Waals surface area (Å²) in [7, 11) is 1.89. The van der Waals surface area contributed by atoms with Crippen molar-refractivity contribution in [1.29, 1.82) is 0 Å². The highest BCUT2D eigenvalue weighted by molar-refractivity contribution is 7.80. The lowest BCUT2D eigenvalue weighted by Gasteiger charge is -2.20. The van der Waals surface area contributed by atoms with Crippen LogP contribution >= 0.6 is 12.6 Å². The number of azo groups is 1. The Balaban J connectivity index is 2.06. The summed E-state index contributed by atoms with van der Waals surface area (Å²) in [5.74, 6) is 0.704. The Morgan fingerprint density at radius 2 is 1.48 bits per heavy atom. The van der Waals surface area contributed by atoms with E-state index in [-0.39, 0.29) is 0 Å². The Labute approximate surface area is 131 Å². The Kier molecular flexibility index (Phi) is 5.63. The third kappa shape index (κ3) is 4.23. The maximum Gasteiger partial charge on any atom is 0.0858 e. The van der Waals surface area contributed by atoms with Gasteiger partial charge in [-0.25, -0.2) is 0 Å². The van der Waals surface area contributed by atoms with Crippen molar-refractivity contribution in [3.63, 3.8) is 0 Å². The summed E-state index contributed by atoms with van der Waals surface area (Å²) in [5.41, 5.74) is 3.88. The third-order valence-electron chi connectivity index (χ3n) is 3.20.